The first-order valence-corrected chi connectivity index (χ1v) is 14.1. The maximum Gasteiger partial charge on any atom is 1.00 e. The van der Waals surface area contributed by atoms with Crippen LogP contribution in [0.1, 0.15) is 155 Å². The molecule has 1 amide bonds. The number of carbonyl (C=O) groups is 2. The largest absolute Gasteiger partial charge is 1.00 e. The molecule has 5 heteroatoms. The van der Waals surface area contributed by atoms with E-state index >= 15 is 0 Å². The first kappa shape index (κ1) is 35.1. The van der Waals surface area contributed by atoms with Gasteiger partial charge in [-0.2, -0.15) is 0 Å². The summed E-state index contributed by atoms with van der Waals surface area (Å²) >= 11 is 0. The van der Waals surface area contributed by atoms with E-state index in [0.29, 0.717) is 5.91 Å². The minimum absolute atomic E-state index is 0. The molecule has 0 unspecified atom stereocenters. The minimum Gasteiger partial charge on any atom is -0.550 e. The van der Waals surface area contributed by atoms with Gasteiger partial charge in [0.05, 0.1) is 0 Å². The molecule has 33 heavy (non-hydrogen) atoms. The van der Waals surface area contributed by atoms with Gasteiger partial charge < -0.3 is 14.8 Å². The van der Waals surface area contributed by atoms with Crippen LogP contribution in [0.15, 0.2) is 0 Å². The number of unbranched alkanes of at least 4 members (excludes halogenated alkanes) is 17. The molecule has 0 atom stereocenters. The molecule has 0 N–H and O–H groups in total. The zero-order valence-corrected chi connectivity index (χ0v) is 24.6. The molecule has 1 aliphatic heterocycles. The molecular formula is C28H54NNaO3. The van der Waals surface area contributed by atoms with Crippen molar-refractivity contribution in [2.45, 2.75) is 155 Å². The number of carboxylic acids is 1. The van der Waals surface area contributed by atoms with Crippen molar-refractivity contribution in [3.05, 3.63) is 0 Å². The van der Waals surface area contributed by atoms with Crippen molar-refractivity contribution < 1.29 is 44.3 Å². The van der Waals surface area contributed by atoms with Gasteiger partial charge in [0.2, 0.25) is 5.91 Å². The van der Waals surface area contributed by atoms with E-state index in [4.69, 9.17) is 0 Å². The summed E-state index contributed by atoms with van der Waals surface area (Å²) in [5.74, 6) is -0.529. The fourth-order valence-electron chi connectivity index (χ4n) is 4.31. The summed E-state index contributed by atoms with van der Waals surface area (Å²) in [5, 5.41) is 10.1. The van der Waals surface area contributed by atoms with E-state index in [0.717, 1.165) is 38.8 Å². The van der Waals surface area contributed by atoms with Crippen LogP contribution in [0, 0.1) is 0 Å². The third kappa shape index (κ3) is 26.4. The van der Waals surface area contributed by atoms with Crippen LogP contribution in [-0.2, 0) is 9.59 Å². The molecule has 0 bridgehead atoms. The molecule has 0 aromatic carbocycles. The summed E-state index contributed by atoms with van der Waals surface area (Å²) in [7, 11) is 0. The Morgan fingerprint density at radius 3 is 1.45 bits per heavy atom. The monoisotopic (exact) mass is 475 g/mol. The van der Waals surface area contributed by atoms with Crippen LogP contribution in [0.4, 0.5) is 0 Å². The van der Waals surface area contributed by atoms with Crippen molar-refractivity contribution in [2.24, 2.45) is 0 Å². The molecule has 190 valence electrons. The molecule has 0 saturated carbocycles. The number of carbonyl (C=O) groups excluding carboxylic acids is 2. The summed E-state index contributed by atoms with van der Waals surface area (Å²) in [5.41, 5.74) is 0. The molecule has 1 saturated heterocycles. The number of hydrogen-bond donors (Lipinski definition) is 0. The zero-order chi connectivity index (χ0) is 23.7. The van der Waals surface area contributed by atoms with Crippen molar-refractivity contribution in [2.75, 3.05) is 13.1 Å². The van der Waals surface area contributed by atoms with Crippen LogP contribution in [0.2, 0.25) is 0 Å². The zero-order valence-electron chi connectivity index (χ0n) is 22.6. The van der Waals surface area contributed by atoms with Crippen LogP contribution in [-0.4, -0.2) is 29.9 Å². The Balaban J connectivity index is 0. The maximum absolute atomic E-state index is 11.4. The van der Waals surface area contributed by atoms with Crippen molar-refractivity contribution in [3.63, 3.8) is 0 Å². The number of carboxylic acid groups (broad SMARTS) is 1. The van der Waals surface area contributed by atoms with Crippen molar-refractivity contribution in [1.82, 2.24) is 4.90 Å². The van der Waals surface area contributed by atoms with Crippen molar-refractivity contribution >= 4 is 11.9 Å². The molecular weight excluding hydrogens is 421 g/mol. The van der Waals surface area contributed by atoms with E-state index in [-0.39, 0.29) is 36.0 Å². The smallest absolute Gasteiger partial charge is 0.550 e. The quantitative estimate of drug-likeness (QED) is 0.185. The number of amides is 1. The number of nitrogens with zero attached hydrogens (tertiary/aromatic N) is 1. The Morgan fingerprint density at radius 1 is 0.697 bits per heavy atom. The number of likely N-dealkylation sites (tertiary alicyclic amines) is 1. The fourth-order valence-corrected chi connectivity index (χ4v) is 4.31. The average molecular weight is 476 g/mol. The van der Waals surface area contributed by atoms with Crippen LogP contribution < -0.4 is 34.7 Å². The van der Waals surface area contributed by atoms with E-state index in [1.807, 2.05) is 4.90 Å². The molecule has 0 radical (unpaired) electrons. The molecule has 0 aliphatic carbocycles. The number of rotatable bonds is 21. The normalized spacial score (nSPS) is 12.9. The number of aliphatic carboxylic acids is 1. The fraction of sp³-hybridized carbons (Fsp3) is 0.929. The average Bonchev–Trinajstić information content (AvgIpc) is 3.19. The topological polar surface area (TPSA) is 60.4 Å². The summed E-state index contributed by atoms with van der Waals surface area (Å²) in [4.78, 5) is 23.5. The number of hydrogen-bond acceptors (Lipinski definition) is 3. The van der Waals surface area contributed by atoms with E-state index in [2.05, 4.69) is 13.8 Å². The van der Waals surface area contributed by atoms with Gasteiger partial charge in [-0.1, -0.05) is 123 Å². The van der Waals surface area contributed by atoms with E-state index in [1.54, 1.807) is 0 Å². The van der Waals surface area contributed by atoms with E-state index in [9.17, 15) is 14.7 Å². The Hall–Kier alpha value is -0.0600. The molecule has 1 heterocycles. The minimum atomic E-state index is -0.909. The summed E-state index contributed by atoms with van der Waals surface area (Å²) in [6.45, 7) is 6.51. The molecule has 1 rings (SSSR count). The summed E-state index contributed by atoms with van der Waals surface area (Å²) < 4.78 is 0. The van der Waals surface area contributed by atoms with Gasteiger partial charge in [0.25, 0.3) is 0 Å². The van der Waals surface area contributed by atoms with Crippen LogP contribution in [0.5, 0.6) is 0 Å². The van der Waals surface area contributed by atoms with Gasteiger partial charge in [0, 0.05) is 25.5 Å². The van der Waals surface area contributed by atoms with Gasteiger partial charge in [-0.05, 0) is 25.7 Å². The van der Waals surface area contributed by atoms with Gasteiger partial charge in [0.1, 0.15) is 0 Å². The second-order valence-electron chi connectivity index (χ2n) is 9.62. The standard InChI is InChI=1S/C16H31NO.C12H24O2.Na/c1-2-3-4-5-6-7-8-9-10-11-14-17-15-12-13-16(17)18;1-2-3-4-5-6-7-8-9-10-11-12(13)14;/h2-15H2,1H3;2-11H2,1H3,(H,13,14);/q;;+1/p-1. The Kier molecular flexibility index (Phi) is 30.0. The molecule has 0 aromatic heterocycles. The van der Waals surface area contributed by atoms with Gasteiger partial charge >= 0.3 is 29.6 Å². The summed E-state index contributed by atoms with van der Waals surface area (Å²) in [6, 6.07) is 0. The van der Waals surface area contributed by atoms with Crippen LogP contribution in [0.3, 0.4) is 0 Å². The Bertz CT molecular complexity index is 431. The second kappa shape index (κ2) is 28.2. The third-order valence-corrected chi connectivity index (χ3v) is 6.44. The predicted molar refractivity (Wildman–Crippen MR) is 135 cm³/mol. The molecule has 0 spiro atoms. The van der Waals surface area contributed by atoms with Gasteiger partial charge in [-0.3, -0.25) is 4.79 Å². The van der Waals surface area contributed by atoms with Gasteiger partial charge in [-0.25, -0.2) is 0 Å². The second-order valence-corrected chi connectivity index (χ2v) is 9.62. The molecule has 1 aliphatic rings. The Morgan fingerprint density at radius 2 is 1.09 bits per heavy atom. The molecule has 0 aromatic rings. The molecule has 1 fully saturated rings. The van der Waals surface area contributed by atoms with Crippen molar-refractivity contribution in [1.29, 1.82) is 0 Å². The van der Waals surface area contributed by atoms with Gasteiger partial charge in [0.15, 0.2) is 0 Å². The van der Waals surface area contributed by atoms with E-state index in [1.165, 1.54) is 109 Å². The SMILES string of the molecule is CCCCCCCCCCCC(=O)[O-].CCCCCCCCCCCCN1CCCC1=O.[Na+]. The first-order valence-electron chi connectivity index (χ1n) is 14.1. The molecule has 4 nitrogen and oxygen atoms in total. The van der Waals surface area contributed by atoms with Crippen molar-refractivity contribution in [3.8, 4) is 0 Å². The summed E-state index contributed by atoms with van der Waals surface area (Å²) in [6.07, 6.45) is 26.7. The Labute approximate surface area is 228 Å². The van der Waals surface area contributed by atoms with Gasteiger partial charge in [-0.15, -0.1) is 0 Å². The van der Waals surface area contributed by atoms with E-state index < -0.39 is 5.97 Å². The maximum atomic E-state index is 11.4. The third-order valence-electron chi connectivity index (χ3n) is 6.44. The predicted octanol–water partition coefficient (Wildman–Crippen LogP) is 4.19. The van der Waals surface area contributed by atoms with Crippen LogP contribution >= 0.6 is 0 Å². The van der Waals surface area contributed by atoms with Crippen LogP contribution in [0.25, 0.3) is 0 Å². The first-order chi connectivity index (χ1) is 15.6.